The van der Waals surface area contributed by atoms with E-state index in [1.165, 1.54) is 12.1 Å². The highest BCUT2D eigenvalue weighted by atomic mass is 35.5. The van der Waals surface area contributed by atoms with Gasteiger partial charge in [0.2, 0.25) is 0 Å². The summed E-state index contributed by atoms with van der Waals surface area (Å²) in [6.07, 6.45) is 1.07. The minimum atomic E-state index is -3.55. The molecule has 0 unspecified atom stereocenters. The molecule has 0 N–H and O–H groups in total. The molecule has 6 heteroatoms. The minimum absolute atomic E-state index is 0.0435. The van der Waals surface area contributed by atoms with Crippen molar-refractivity contribution in [2.45, 2.75) is 18.4 Å². The van der Waals surface area contributed by atoms with Gasteiger partial charge in [-0.05, 0) is 41.8 Å². The first-order valence-corrected chi connectivity index (χ1v) is 8.77. The van der Waals surface area contributed by atoms with Gasteiger partial charge < -0.3 is 4.74 Å². The summed E-state index contributed by atoms with van der Waals surface area (Å²) >= 11 is 5.48. The van der Waals surface area contributed by atoms with Crippen LogP contribution in [0.3, 0.4) is 0 Å². The first-order chi connectivity index (χ1) is 10.3. The van der Waals surface area contributed by atoms with Gasteiger partial charge in [-0.1, -0.05) is 30.3 Å². The Hall–Kier alpha value is -1.85. The second-order valence-electron chi connectivity index (χ2n) is 4.93. The number of hydrogen-bond acceptors (Lipinski definition) is 4. The molecule has 22 heavy (non-hydrogen) atoms. The number of sulfone groups is 1. The summed E-state index contributed by atoms with van der Waals surface area (Å²) in [7, 11) is -3.55. The third-order valence-electron chi connectivity index (χ3n) is 3.14. The lowest BCUT2D eigenvalue weighted by molar-refractivity contribution is 0.108. The molecule has 2 aromatic rings. The van der Waals surface area contributed by atoms with E-state index in [9.17, 15) is 13.2 Å². The molecular weight excluding hydrogens is 324 g/mol. The molecule has 0 saturated carbocycles. The molecule has 0 aliphatic rings. The van der Waals surface area contributed by atoms with Crippen molar-refractivity contribution in [1.29, 1.82) is 0 Å². The first kappa shape index (κ1) is 16.5. The van der Waals surface area contributed by atoms with E-state index >= 15 is 0 Å². The van der Waals surface area contributed by atoms with Gasteiger partial charge in [-0.2, -0.15) is 0 Å². The molecule has 0 bridgehead atoms. The number of ether oxygens (including phenoxy) is 1. The lowest BCUT2D eigenvalue weighted by atomic mass is 10.1. The van der Waals surface area contributed by atoms with Gasteiger partial charge in [-0.3, -0.25) is 4.79 Å². The van der Waals surface area contributed by atoms with Gasteiger partial charge in [0.05, 0.1) is 0 Å². The van der Waals surface area contributed by atoms with Crippen LogP contribution < -0.4 is 4.74 Å². The first-order valence-electron chi connectivity index (χ1n) is 6.50. The Labute approximate surface area is 134 Å². The fourth-order valence-corrected chi connectivity index (χ4v) is 3.03. The number of rotatable bonds is 5. The fourth-order valence-electron chi connectivity index (χ4n) is 2.01. The summed E-state index contributed by atoms with van der Waals surface area (Å²) in [4.78, 5) is 11.3. The molecule has 0 heterocycles. The van der Waals surface area contributed by atoms with Crippen molar-refractivity contribution in [3.05, 3.63) is 59.2 Å². The average molecular weight is 339 g/mol. The van der Waals surface area contributed by atoms with Gasteiger partial charge in [-0.15, -0.1) is 0 Å². The summed E-state index contributed by atoms with van der Waals surface area (Å²) < 4.78 is 29.5. The lowest BCUT2D eigenvalue weighted by Gasteiger charge is -2.13. The van der Waals surface area contributed by atoms with Crippen LogP contribution in [0.4, 0.5) is 0 Å². The number of benzene rings is 2. The van der Waals surface area contributed by atoms with Crippen LogP contribution in [-0.4, -0.2) is 19.9 Å². The normalized spacial score (nSPS) is 11.2. The molecule has 0 aliphatic heterocycles. The molecule has 0 spiro atoms. The number of hydrogen-bond donors (Lipinski definition) is 0. The number of carbonyl (C=O) groups excluding carboxylic acids is 1. The van der Waals surface area contributed by atoms with Crippen LogP contribution in [0.25, 0.3) is 0 Å². The molecule has 0 saturated heterocycles. The molecule has 0 radical (unpaired) electrons. The quantitative estimate of drug-likeness (QED) is 0.784. The number of carbonyl (C=O) groups is 1. The van der Waals surface area contributed by atoms with Gasteiger partial charge >= 0.3 is 0 Å². The lowest BCUT2D eigenvalue weighted by Crippen LogP contribution is -2.06. The van der Waals surface area contributed by atoms with Crippen molar-refractivity contribution in [2.75, 3.05) is 6.26 Å². The Morgan fingerprint density at radius 2 is 1.82 bits per heavy atom. The highest BCUT2D eigenvalue weighted by molar-refractivity contribution is 7.90. The van der Waals surface area contributed by atoms with Crippen molar-refractivity contribution < 1.29 is 17.9 Å². The zero-order valence-electron chi connectivity index (χ0n) is 12.2. The van der Waals surface area contributed by atoms with E-state index in [0.29, 0.717) is 5.56 Å². The van der Waals surface area contributed by atoms with Gasteiger partial charge in [0.25, 0.3) is 5.24 Å². The largest absolute Gasteiger partial charge is 0.488 e. The molecular formula is C16H15ClO4S. The van der Waals surface area contributed by atoms with Crippen molar-refractivity contribution in [3.63, 3.8) is 0 Å². The van der Waals surface area contributed by atoms with E-state index in [1.807, 2.05) is 30.3 Å². The Kier molecular flexibility index (Phi) is 4.88. The second-order valence-corrected chi connectivity index (χ2v) is 7.26. The van der Waals surface area contributed by atoms with Crippen molar-refractivity contribution in [1.82, 2.24) is 0 Å². The van der Waals surface area contributed by atoms with E-state index in [4.69, 9.17) is 16.3 Å². The van der Waals surface area contributed by atoms with Crippen LogP contribution >= 0.6 is 11.6 Å². The van der Waals surface area contributed by atoms with Crippen molar-refractivity contribution >= 4 is 26.7 Å². The smallest absolute Gasteiger partial charge is 0.252 e. The Morgan fingerprint density at radius 1 is 1.18 bits per heavy atom. The van der Waals surface area contributed by atoms with Crippen LogP contribution in [0, 0.1) is 6.92 Å². The van der Waals surface area contributed by atoms with E-state index in [-0.39, 0.29) is 22.8 Å². The third-order valence-corrected chi connectivity index (χ3v) is 4.46. The Balaban J connectivity index is 2.42. The summed E-state index contributed by atoms with van der Waals surface area (Å²) in [6, 6.07) is 12.2. The summed E-state index contributed by atoms with van der Waals surface area (Å²) in [6.45, 7) is 1.91. The van der Waals surface area contributed by atoms with Crippen LogP contribution in [0.5, 0.6) is 5.75 Å². The van der Waals surface area contributed by atoms with Gasteiger partial charge in [0.15, 0.2) is 9.84 Å². The van der Waals surface area contributed by atoms with Crippen LogP contribution in [0.2, 0.25) is 0 Å². The molecule has 0 atom stereocenters. The highest BCUT2D eigenvalue weighted by Gasteiger charge is 2.19. The molecule has 2 aromatic carbocycles. The summed E-state index contributed by atoms with van der Waals surface area (Å²) in [5.41, 5.74) is 1.64. The summed E-state index contributed by atoms with van der Waals surface area (Å²) in [5.74, 6) is 0.213. The maximum absolute atomic E-state index is 11.9. The molecule has 0 fully saturated rings. The van der Waals surface area contributed by atoms with Crippen LogP contribution in [-0.2, 0) is 16.4 Å². The van der Waals surface area contributed by atoms with Crippen molar-refractivity contribution in [2.24, 2.45) is 0 Å². The van der Waals surface area contributed by atoms with E-state index in [0.717, 1.165) is 11.8 Å². The third kappa shape index (κ3) is 3.87. The monoisotopic (exact) mass is 338 g/mol. The maximum atomic E-state index is 11.9. The Bertz CT molecular complexity index is 798. The zero-order valence-corrected chi connectivity index (χ0v) is 13.7. The zero-order chi connectivity index (χ0) is 16.3. The van der Waals surface area contributed by atoms with Crippen molar-refractivity contribution in [3.8, 4) is 5.75 Å². The molecule has 2 rings (SSSR count). The fraction of sp³-hybridized carbons (Fsp3) is 0.188. The summed E-state index contributed by atoms with van der Waals surface area (Å²) in [5, 5.41) is -0.697. The molecule has 0 amide bonds. The maximum Gasteiger partial charge on any atom is 0.252 e. The topological polar surface area (TPSA) is 60.4 Å². The molecule has 116 valence electrons. The molecule has 0 aromatic heterocycles. The predicted octanol–water partition coefficient (Wildman–Crippen LogP) is 3.36. The molecule has 4 nitrogen and oxygen atoms in total. The SMILES string of the molecule is Cc1cc(OCc2ccccc2)c(S(C)(=O)=O)cc1C(=O)Cl. The van der Waals surface area contributed by atoms with Gasteiger partial charge in [0.1, 0.15) is 17.3 Å². The standard InChI is InChI=1S/C16H15ClO4S/c1-11-8-14(21-10-12-6-4-3-5-7-12)15(22(2,19)20)9-13(11)16(17)18/h3-9H,10H2,1-2H3. The number of aryl methyl sites for hydroxylation is 1. The van der Waals surface area contributed by atoms with Gasteiger partial charge in [-0.25, -0.2) is 8.42 Å². The molecule has 0 aliphatic carbocycles. The van der Waals surface area contributed by atoms with E-state index in [2.05, 4.69) is 0 Å². The second kappa shape index (κ2) is 6.50. The van der Waals surface area contributed by atoms with Crippen LogP contribution in [0.1, 0.15) is 21.5 Å². The predicted molar refractivity (Wildman–Crippen MR) is 85.2 cm³/mol. The minimum Gasteiger partial charge on any atom is -0.488 e. The average Bonchev–Trinajstić information content (AvgIpc) is 2.44. The van der Waals surface area contributed by atoms with E-state index in [1.54, 1.807) is 6.92 Å². The highest BCUT2D eigenvalue weighted by Crippen LogP contribution is 2.29. The van der Waals surface area contributed by atoms with E-state index < -0.39 is 15.1 Å². The number of halogens is 1. The Morgan fingerprint density at radius 3 is 2.36 bits per heavy atom. The van der Waals surface area contributed by atoms with Crippen LogP contribution in [0.15, 0.2) is 47.4 Å². The van der Waals surface area contributed by atoms with Gasteiger partial charge in [0, 0.05) is 11.8 Å².